The molecule has 0 spiro atoms. The van der Waals surface area contributed by atoms with Crippen molar-refractivity contribution in [3.05, 3.63) is 60.2 Å². The van der Waals surface area contributed by atoms with Crippen molar-refractivity contribution in [3.63, 3.8) is 0 Å². The molecule has 3 rings (SSSR count). The number of methoxy groups -OCH3 is 1. The average molecular weight is 399 g/mol. The fourth-order valence-corrected chi connectivity index (χ4v) is 3.61. The van der Waals surface area contributed by atoms with E-state index in [-0.39, 0.29) is 12.5 Å². The van der Waals surface area contributed by atoms with Crippen molar-refractivity contribution in [2.75, 3.05) is 46.4 Å². The molecule has 0 radical (unpaired) electrons. The minimum absolute atomic E-state index is 0.250. The van der Waals surface area contributed by atoms with Crippen molar-refractivity contribution in [1.29, 1.82) is 0 Å². The van der Waals surface area contributed by atoms with E-state index in [1.165, 1.54) is 0 Å². The third-order valence-electron chi connectivity index (χ3n) is 5.13. The van der Waals surface area contributed by atoms with E-state index in [1.54, 1.807) is 7.11 Å². The van der Waals surface area contributed by atoms with Crippen molar-refractivity contribution < 1.29 is 19.4 Å². The summed E-state index contributed by atoms with van der Waals surface area (Å²) in [5.41, 5.74) is 6.56. The number of nitrogens with two attached hydrogens (primary N) is 1. The Balaban J connectivity index is 1.49. The van der Waals surface area contributed by atoms with Crippen LogP contribution in [0, 0.1) is 0 Å². The molecular weight excluding hydrogens is 370 g/mol. The molecule has 7 nitrogen and oxygen atoms in total. The molecule has 0 bridgehead atoms. The Bertz CT molecular complexity index is 761. The predicted octanol–water partition coefficient (Wildman–Crippen LogP) is 1.28. The zero-order valence-electron chi connectivity index (χ0n) is 16.7. The summed E-state index contributed by atoms with van der Waals surface area (Å²) in [6.45, 7) is 3.69. The zero-order valence-corrected chi connectivity index (χ0v) is 16.7. The van der Waals surface area contributed by atoms with Gasteiger partial charge in [0.15, 0.2) is 0 Å². The second-order valence-electron chi connectivity index (χ2n) is 7.19. The summed E-state index contributed by atoms with van der Waals surface area (Å²) >= 11 is 0. The summed E-state index contributed by atoms with van der Waals surface area (Å²) in [6, 6.07) is 16.4. The molecule has 1 fully saturated rings. The Morgan fingerprint density at radius 3 is 2.28 bits per heavy atom. The van der Waals surface area contributed by atoms with Gasteiger partial charge in [-0.25, -0.2) is 0 Å². The van der Waals surface area contributed by atoms with E-state index in [2.05, 4.69) is 9.80 Å². The van der Waals surface area contributed by atoms with Crippen molar-refractivity contribution >= 4 is 5.91 Å². The molecule has 0 saturated carbocycles. The number of nitrogens with zero attached hydrogens (tertiary/aromatic N) is 2. The molecule has 3 N–H and O–H groups in total. The average Bonchev–Trinajstić information content (AvgIpc) is 2.75. The van der Waals surface area contributed by atoms with Gasteiger partial charge < -0.3 is 20.3 Å². The molecule has 7 heteroatoms. The number of aliphatic hydroxyl groups excluding tert-OH is 1. The third-order valence-corrected chi connectivity index (χ3v) is 5.13. The summed E-state index contributed by atoms with van der Waals surface area (Å²) in [5, 5.41) is 10.3. The van der Waals surface area contributed by atoms with E-state index < -0.39 is 12.1 Å². The van der Waals surface area contributed by atoms with Crippen molar-refractivity contribution in [3.8, 4) is 11.5 Å². The van der Waals surface area contributed by atoms with Crippen LogP contribution < -0.4 is 15.2 Å². The van der Waals surface area contributed by atoms with E-state index in [9.17, 15) is 9.90 Å². The van der Waals surface area contributed by atoms with Gasteiger partial charge >= 0.3 is 0 Å². The van der Waals surface area contributed by atoms with Gasteiger partial charge in [-0.05, 0) is 29.8 Å². The predicted molar refractivity (Wildman–Crippen MR) is 111 cm³/mol. The Morgan fingerprint density at radius 2 is 1.69 bits per heavy atom. The first kappa shape index (κ1) is 21.1. The minimum atomic E-state index is -0.574. The largest absolute Gasteiger partial charge is 0.497 e. The van der Waals surface area contributed by atoms with Crippen LogP contribution in [-0.4, -0.2) is 73.4 Å². The number of benzene rings is 2. The normalized spacial score (nSPS) is 17.4. The maximum atomic E-state index is 12.1. The fourth-order valence-electron chi connectivity index (χ4n) is 3.61. The van der Waals surface area contributed by atoms with Gasteiger partial charge in [0, 0.05) is 32.7 Å². The number of hydrogen-bond donors (Lipinski definition) is 2. The molecule has 2 unspecified atom stereocenters. The first-order valence-corrected chi connectivity index (χ1v) is 9.82. The fraction of sp³-hybridized carbons (Fsp3) is 0.409. The number of piperazine rings is 1. The van der Waals surface area contributed by atoms with E-state index in [0.717, 1.165) is 30.2 Å². The van der Waals surface area contributed by atoms with Crippen LogP contribution in [0.5, 0.6) is 11.5 Å². The molecule has 2 aromatic carbocycles. The number of carbonyl (C=O) groups is 1. The highest BCUT2D eigenvalue weighted by Crippen LogP contribution is 2.24. The molecular formula is C22H29N3O4. The Morgan fingerprint density at radius 1 is 1.03 bits per heavy atom. The molecule has 156 valence electrons. The number of ether oxygens (including phenoxy) is 2. The van der Waals surface area contributed by atoms with E-state index in [1.807, 2.05) is 54.6 Å². The van der Waals surface area contributed by atoms with Gasteiger partial charge in [-0.3, -0.25) is 14.6 Å². The molecule has 1 aliphatic rings. The van der Waals surface area contributed by atoms with Crippen LogP contribution in [0.25, 0.3) is 0 Å². The summed E-state index contributed by atoms with van der Waals surface area (Å²) in [7, 11) is 1.61. The van der Waals surface area contributed by atoms with Crippen LogP contribution in [0.4, 0.5) is 0 Å². The number of hydrogen-bond acceptors (Lipinski definition) is 6. The standard InChI is InChI=1S/C22H29N3O4/c1-28-19-9-7-17(8-10-19)21(22(23)27)25-13-11-24(12-14-25)15-18(26)16-29-20-5-3-2-4-6-20/h2-10,18,21,26H,11-16H2,1H3,(H2,23,27). The van der Waals surface area contributed by atoms with E-state index >= 15 is 0 Å². The number of para-hydroxylation sites is 1. The highest BCUT2D eigenvalue weighted by Gasteiger charge is 2.29. The van der Waals surface area contributed by atoms with Crippen molar-refractivity contribution in [2.45, 2.75) is 12.1 Å². The topological polar surface area (TPSA) is 88.3 Å². The zero-order chi connectivity index (χ0) is 20.6. The van der Waals surface area contributed by atoms with Crippen LogP contribution in [0.15, 0.2) is 54.6 Å². The van der Waals surface area contributed by atoms with Gasteiger partial charge in [0.2, 0.25) is 5.91 Å². The molecule has 0 aromatic heterocycles. The summed E-state index contributed by atoms with van der Waals surface area (Å²) in [6.07, 6.45) is -0.574. The molecule has 1 amide bonds. The van der Waals surface area contributed by atoms with Crippen LogP contribution in [-0.2, 0) is 4.79 Å². The second-order valence-corrected chi connectivity index (χ2v) is 7.19. The van der Waals surface area contributed by atoms with E-state index in [4.69, 9.17) is 15.2 Å². The minimum Gasteiger partial charge on any atom is -0.497 e. The van der Waals surface area contributed by atoms with Crippen molar-refractivity contribution in [2.24, 2.45) is 5.73 Å². The second kappa shape index (κ2) is 10.2. The molecule has 2 aromatic rings. The van der Waals surface area contributed by atoms with Gasteiger partial charge in [0.05, 0.1) is 7.11 Å². The molecule has 1 heterocycles. The molecule has 1 aliphatic heterocycles. The maximum absolute atomic E-state index is 12.1. The summed E-state index contributed by atoms with van der Waals surface area (Å²) in [4.78, 5) is 16.4. The van der Waals surface area contributed by atoms with Crippen LogP contribution in [0.3, 0.4) is 0 Å². The van der Waals surface area contributed by atoms with Gasteiger partial charge in [0.25, 0.3) is 0 Å². The molecule has 1 saturated heterocycles. The SMILES string of the molecule is COc1ccc(C(C(N)=O)N2CCN(CC(O)COc3ccccc3)CC2)cc1. The van der Waals surface area contributed by atoms with E-state index in [0.29, 0.717) is 19.6 Å². The third kappa shape index (κ3) is 5.93. The quantitative estimate of drug-likeness (QED) is 0.660. The number of amides is 1. The Kier molecular flexibility index (Phi) is 7.46. The lowest BCUT2D eigenvalue weighted by molar-refractivity contribution is -0.124. The lowest BCUT2D eigenvalue weighted by atomic mass is 10.0. The number of rotatable bonds is 9. The number of primary amides is 1. The lowest BCUT2D eigenvalue weighted by Gasteiger charge is -2.38. The first-order chi connectivity index (χ1) is 14.1. The highest BCUT2D eigenvalue weighted by atomic mass is 16.5. The van der Waals surface area contributed by atoms with Crippen LogP contribution >= 0.6 is 0 Å². The smallest absolute Gasteiger partial charge is 0.239 e. The summed E-state index contributed by atoms with van der Waals surface area (Å²) < 4.78 is 10.8. The molecule has 2 atom stereocenters. The maximum Gasteiger partial charge on any atom is 0.239 e. The molecule has 0 aliphatic carbocycles. The van der Waals surface area contributed by atoms with Crippen molar-refractivity contribution in [1.82, 2.24) is 9.80 Å². The highest BCUT2D eigenvalue weighted by molar-refractivity contribution is 5.81. The number of aliphatic hydroxyl groups is 1. The van der Waals surface area contributed by atoms with Gasteiger partial charge in [-0.2, -0.15) is 0 Å². The Labute approximate surface area is 171 Å². The van der Waals surface area contributed by atoms with Gasteiger partial charge in [-0.15, -0.1) is 0 Å². The molecule has 29 heavy (non-hydrogen) atoms. The van der Waals surface area contributed by atoms with Crippen LogP contribution in [0.1, 0.15) is 11.6 Å². The van der Waals surface area contributed by atoms with Gasteiger partial charge in [-0.1, -0.05) is 30.3 Å². The lowest BCUT2D eigenvalue weighted by Crippen LogP contribution is -2.52. The van der Waals surface area contributed by atoms with Gasteiger partial charge in [0.1, 0.15) is 30.3 Å². The number of β-amino-alcohol motifs (C(OH)–C–C–N with tert-alkyl or cyclic N) is 1. The summed E-state index contributed by atoms with van der Waals surface area (Å²) in [5.74, 6) is 1.13. The Hall–Kier alpha value is -2.61. The van der Waals surface area contributed by atoms with Crippen LogP contribution in [0.2, 0.25) is 0 Å². The first-order valence-electron chi connectivity index (χ1n) is 9.82. The number of carbonyl (C=O) groups excluding carboxylic acids is 1. The monoisotopic (exact) mass is 399 g/mol.